The number of para-hydroxylation sites is 2. The SMILES string of the molecule is CC(C)Oc1ccc(C2=C(N(C)c3ccccc3)C(=O)N(c3ccccc3F)C2=O)cc1. The number of ether oxygens (including phenoxy) is 1. The topological polar surface area (TPSA) is 49.9 Å². The number of likely N-dealkylation sites (N-methyl/N-ethyl adjacent to an activating group) is 1. The number of halogens is 1. The molecule has 32 heavy (non-hydrogen) atoms. The van der Waals surface area contributed by atoms with E-state index in [1.807, 2.05) is 44.2 Å². The lowest BCUT2D eigenvalue weighted by molar-refractivity contribution is -0.120. The summed E-state index contributed by atoms with van der Waals surface area (Å²) in [6.45, 7) is 3.85. The van der Waals surface area contributed by atoms with Gasteiger partial charge in [0.25, 0.3) is 11.8 Å². The Morgan fingerprint density at radius 2 is 1.47 bits per heavy atom. The molecule has 3 aromatic rings. The van der Waals surface area contributed by atoms with Gasteiger partial charge in [-0.3, -0.25) is 9.59 Å². The van der Waals surface area contributed by atoms with Crippen molar-refractivity contribution in [3.63, 3.8) is 0 Å². The van der Waals surface area contributed by atoms with Crippen LogP contribution in [0.1, 0.15) is 19.4 Å². The third-order valence-corrected chi connectivity index (χ3v) is 5.15. The minimum Gasteiger partial charge on any atom is -0.491 e. The number of anilines is 2. The Labute approximate surface area is 186 Å². The maximum Gasteiger partial charge on any atom is 0.282 e. The molecule has 0 aromatic heterocycles. The summed E-state index contributed by atoms with van der Waals surface area (Å²) in [6.07, 6.45) is 0.00563. The minimum absolute atomic E-state index is 0.00563. The van der Waals surface area contributed by atoms with Gasteiger partial charge in [-0.25, -0.2) is 9.29 Å². The molecule has 1 aliphatic rings. The number of imide groups is 1. The second-order valence-corrected chi connectivity index (χ2v) is 7.71. The van der Waals surface area contributed by atoms with Crippen LogP contribution < -0.4 is 14.5 Å². The van der Waals surface area contributed by atoms with Crippen molar-refractivity contribution >= 4 is 28.8 Å². The van der Waals surface area contributed by atoms with Gasteiger partial charge in [0.15, 0.2) is 0 Å². The van der Waals surface area contributed by atoms with Crippen LogP contribution in [-0.2, 0) is 9.59 Å². The summed E-state index contributed by atoms with van der Waals surface area (Å²) in [5.74, 6) is -1.14. The fourth-order valence-electron chi connectivity index (χ4n) is 3.69. The van der Waals surface area contributed by atoms with Gasteiger partial charge < -0.3 is 9.64 Å². The molecule has 3 aromatic carbocycles. The van der Waals surface area contributed by atoms with E-state index in [0.29, 0.717) is 11.3 Å². The number of carbonyl (C=O) groups excluding carboxylic acids is 2. The van der Waals surface area contributed by atoms with Crippen molar-refractivity contribution in [1.82, 2.24) is 0 Å². The van der Waals surface area contributed by atoms with Crippen molar-refractivity contribution < 1.29 is 18.7 Å². The minimum atomic E-state index is -0.641. The summed E-state index contributed by atoms with van der Waals surface area (Å²) < 4.78 is 20.2. The molecule has 1 aliphatic heterocycles. The van der Waals surface area contributed by atoms with Crippen molar-refractivity contribution in [1.29, 1.82) is 0 Å². The molecule has 0 N–H and O–H groups in total. The van der Waals surface area contributed by atoms with Gasteiger partial charge in [0.2, 0.25) is 0 Å². The van der Waals surface area contributed by atoms with Crippen molar-refractivity contribution in [2.75, 3.05) is 16.8 Å². The van der Waals surface area contributed by atoms with Gasteiger partial charge in [-0.15, -0.1) is 0 Å². The molecule has 0 saturated carbocycles. The molecule has 0 saturated heterocycles. The molecule has 0 aliphatic carbocycles. The Bertz CT molecular complexity index is 1190. The molecule has 0 unspecified atom stereocenters. The first-order chi connectivity index (χ1) is 15.4. The summed E-state index contributed by atoms with van der Waals surface area (Å²) in [5, 5.41) is 0. The molecule has 162 valence electrons. The Morgan fingerprint density at radius 1 is 0.844 bits per heavy atom. The molecule has 4 rings (SSSR count). The van der Waals surface area contributed by atoms with E-state index in [1.54, 1.807) is 42.3 Å². The Hall–Kier alpha value is -3.93. The lowest BCUT2D eigenvalue weighted by atomic mass is 10.0. The predicted octanol–water partition coefficient (Wildman–Crippen LogP) is 5.03. The van der Waals surface area contributed by atoms with Crippen molar-refractivity contribution in [2.24, 2.45) is 0 Å². The van der Waals surface area contributed by atoms with Crippen molar-refractivity contribution in [2.45, 2.75) is 20.0 Å². The van der Waals surface area contributed by atoms with Crippen LogP contribution in [0, 0.1) is 5.82 Å². The second-order valence-electron chi connectivity index (χ2n) is 7.71. The molecular weight excluding hydrogens is 407 g/mol. The third-order valence-electron chi connectivity index (χ3n) is 5.15. The van der Waals surface area contributed by atoms with Crippen molar-refractivity contribution in [3.8, 4) is 5.75 Å². The standard InChI is InChI=1S/C26H23FN2O3/c1-17(2)32-20-15-13-18(14-16-20)23-24(28(3)19-9-5-4-6-10-19)26(31)29(25(23)30)22-12-8-7-11-21(22)27/h4-17H,1-3H3. The number of rotatable bonds is 6. The van der Waals surface area contributed by atoms with E-state index >= 15 is 0 Å². The zero-order valence-corrected chi connectivity index (χ0v) is 18.1. The third kappa shape index (κ3) is 3.87. The van der Waals surface area contributed by atoms with E-state index in [-0.39, 0.29) is 23.1 Å². The van der Waals surface area contributed by atoms with Crippen LogP contribution in [0.2, 0.25) is 0 Å². The van der Waals surface area contributed by atoms with Gasteiger partial charge >= 0.3 is 0 Å². The highest BCUT2D eigenvalue weighted by Gasteiger charge is 2.43. The fraction of sp³-hybridized carbons (Fsp3) is 0.154. The van der Waals surface area contributed by atoms with Crippen LogP contribution >= 0.6 is 0 Å². The Balaban J connectivity index is 1.84. The van der Waals surface area contributed by atoms with Crippen LogP contribution in [0.3, 0.4) is 0 Å². The maximum atomic E-state index is 14.5. The van der Waals surface area contributed by atoms with Crippen LogP contribution in [0.4, 0.5) is 15.8 Å². The molecule has 0 fully saturated rings. The smallest absolute Gasteiger partial charge is 0.282 e. The number of nitrogens with zero attached hydrogens (tertiary/aromatic N) is 2. The zero-order valence-electron chi connectivity index (χ0n) is 18.1. The van der Waals surface area contributed by atoms with Gasteiger partial charge in [-0.2, -0.15) is 0 Å². The van der Waals surface area contributed by atoms with E-state index in [9.17, 15) is 14.0 Å². The van der Waals surface area contributed by atoms with Crippen LogP contribution in [0.25, 0.3) is 5.57 Å². The highest BCUT2D eigenvalue weighted by Crippen LogP contribution is 2.37. The monoisotopic (exact) mass is 430 g/mol. The van der Waals surface area contributed by atoms with E-state index in [2.05, 4.69) is 0 Å². The van der Waals surface area contributed by atoms with Gasteiger partial charge in [0, 0.05) is 12.7 Å². The van der Waals surface area contributed by atoms with Gasteiger partial charge in [-0.05, 0) is 55.8 Å². The number of carbonyl (C=O) groups is 2. The van der Waals surface area contributed by atoms with Gasteiger partial charge in [0.1, 0.15) is 17.3 Å². The Morgan fingerprint density at radius 3 is 2.09 bits per heavy atom. The van der Waals surface area contributed by atoms with Crippen LogP contribution in [-0.4, -0.2) is 25.0 Å². The number of hydrogen-bond donors (Lipinski definition) is 0. The molecule has 2 amide bonds. The van der Waals surface area contributed by atoms with E-state index < -0.39 is 17.6 Å². The number of benzene rings is 3. The number of hydrogen-bond acceptors (Lipinski definition) is 4. The molecule has 5 nitrogen and oxygen atoms in total. The molecule has 0 radical (unpaired) electrons. The van der Waals surface area contributed by atoms with Crippen molar-refractivity contribution in [3.05, 3.63) is 95.9 Å². The second kappa shape index (κ2) is 8.67. The summed E-state index contributed by atoms with van der Waals surface area (Å²) in [7, 11) is 1.72. The summed E-state index contributed by atoms with van der Waals surface area (Å²) >= 11 is 0. The normalized spacial score (nSPS) is 13.8. The van der Waals surface area contributed by atoms with Gasteiger partial charge in [0.05, 0.1) is 17.4 Å². The van der Waals surface area contributed by atoms with E-state index in [1.165, 1.54) is 18.2 Å². The fourth-order valence-corrected chi connectivity index (χ4v) is 3.69. The lowest BCUT2D eigenvalue weighted by Gasteiger charge is -2.21. The zero-order chi connectivity index (χ0) is 22.8. The molecule has 0 atom stereocenters. The maximum absolute atomic E-state index is 14.5. The summed E-state index contributed by atoms with van der Waals surface area (Å²) in [6, 6.07) is 22.0. The average Bonchev–Trinajstić information content (AvgIpc) is 3.04. The van der Waals surface area contributed by atoms with Crippen LogP contribution in [0.5, 0.6) is 5.75 Å². The quantitative estimate of drug-likeness (QED) is 0.515. The lowest BCUT2D eigenvalue weighted by Crippen LogP contribution is -2.34. The highest BCUT2D eigenvalue weighted by molar-refractivity contribution is 6.46. The molecular formula is C26H23FN2O3. The average molecular weight is 430 g/mol. The first-order valence-corrected chi connectivity index (χ1v) is 10.3. The molecule has 1 heterocycles. The first kappa shape index (κ1) is 21.3. The highest BCUT2D eigenvalue weighted by atomic mass is 19.1. The predicted molar refractivity (Wildman–Crippen MR) is 123 cm³/mol. The summed E-state index contributed by atoms with van der Waals surface area (Å²) in [4.78, 5) is 29.6. The molecule has 0 spiro atoms. The Kier molecular flexibility index (Phi) is 5.77. The van der Waals surface area contributed by atoms with E-state index in [0.717, 1.165) is 10.6 Å². The molecule has 0 bridgehead atoms. The molecule has 6 heteroatoms. The van der Waals surface area contributed by atoms with E-state index in [4.69, 9.17) is 4.74 Å². The number of amides is 2. The van der Waals surface area contributed by atoms with Crippen LogP contribution in [0.15, 0.2) is 84.6 Å². The summed E-state index contributed by atoms with van der Waals surface area (Å²) in [5.41, 5.74) is 1.60. The van der Waals surface area contributed by atoms with Gasteiger partial charge in [-0.1, -0.05) is 42.5 Å². The first-order valence-electron chi connectivity index (χ1n) is 10.3. The largest absolute Gasteiger partial charge is 0.491 e.